The van der Waals surface area contributed by atoms with Crippen LogP contribution in [0.2, 0.25) is 10.0 Å². The van der Waals surface area contributed by atoms with Gasteiger partial charge in [-0.05, 0) is 54.7 Å². The Morgan fingerprint density at radius 1 is 1.06 bits per heavy atom. The van der Waals surface area contributed by atoms with Crippen LogP contribution in [0.1, 0.15) is 56.6 Å². The number of hydrogen-bond donors (Lipinski definition) is 1. The fourth-order valence-electron chi connectivity index (χ4n) is 4.20. The molecule has 0 aliphatic heterocycles. The molecule has 0 aromatic heterocycles. The number of amides is 2. The monoisotopic (exact) mass is 478 g/mol. The molecule has 1 fully saturated rings. The fourth-order valence-corrected chi connectivity index (χ4v) is 4.74. The highest BCUT2D eigenvalue weighted by atomic mass is 35.5. The Bertz CT molecular complexity index is 910. The van der Waals surface area contributed by atoms with Crippen molar-refractivity contribution in [3.05, 3.63) is 69.5 Å². The summed E-state index contributed by atoms with van der Waals surface area (Å²) in [6, 6.07) is 10.6. The van der Waals surface area contributed by atoms with Gasteiger partial charge in [-0.1, -0.05) is 67.6 Å². The highest BCUT2D eigenvalue weighted by molar-refractivity contribution is 6.36. The van der Waals surface area contributed by atoms with Crippen LogP contribution in [0, 0.1) is 5.82 Å². The lowest BCUT2D eigenvalue weighted by atomic mass is 9.95. The number of carbonyl (C=O) groups is 2. The topological polar surface area (TPSA) is 49.4 Å². The summed E-state index contributed by atoms with van der Waals surface area (Å²) in [7, 11) is 0. The normalized spacial score (nSPS) is 15.2. The van der Waals surface area contributed by atoms with Crippen molar-refractivity contribution < 1.29 is 14.0 Å². The Kier molecular flexibility index (Phi) is 8.94. The zero-order valence-electron chi connectivity index (χ0n) is 18.3. The second-order valence-electron chi connectivity index (χ2n) is 8.29. The summed E-state index contributed by atoms with van der Waals surface area (Å²) in [5.41, 5.74) is 1.28. The number of halogens is 3. The molecule has 2 aromatic carbocycles. The van der Waals surface area contributed by atoms with Crippen molar-refractivity contribution in [2.75, 3.05) is 0 Å². The van der Waals surface area contributed by atoms with Crippen LogP contribution in [0.15, 0.2) is 42.5 Å². The number of rotatable bonds is 8. The van der Waals surface area contributed by atoms with Gasteiger partial charge in [-0.2, -0.15) is 0 Å². The predicted octanol–water partition coefficient (Wildman–Crippen LogP) is 5.93. The minimum atomic E-state index is -0.643. The van der Waals surface area contributed by atoms with Crippen LogP contribution >= 0.6 is 23.2 Å². The van der Waals surface area contributed by atoms with Crippen LogP contribution in [-0.2, 0) is 22.6 Å². The van der Waals surface area contributed by atoms with Gasteiger partial charge in [0.15, 0.2) is 0 Å². The van der Waals surface area contributed by atoms with Crippen LogP contribution in [-0.4, -0.2) is 28.8 Å². The summed E-state index contributed by atoms with van der Waals surface area (Å²) in [5, 5.41) is 3.96. The van der Waals surface area contributed by atoms with E-state index in [1.807, 2.05) is 6.92 Å². The van der Waals surface area contributed by atoms with Crippen molar-refractivity contribution in [2.24, 2.45) is 0 Å². The van der Waals surface area contributed by atoms with Gasteiger partial charge in [-0.25, -0.2) is 4.39 Å². The van der Waals surface area contributed by atoms with E-state index in [2.05, 4.69) is 5.32 Å². The molecule has 1 saturated carbocycles. The average Bonchev–Trinajstić information content (AvgIpc) is 2.78. The predicted molar refractivity (Wildman–Crippen MR) is 126 cm³/mol. The second-order valence-corrected chi connectivity index (χ2v) is 9.11. The third-order valence-corrected chi connectivity index (χ3v) is 6.70. The molecule has 0 saturated heterocycles. The average molecular weight is 479 g/mol. The van der Waals surface area contributed by atoms with E-state index < -0.39 is 6.04 Å². The molecule has 4 nitrogen and oxygen atoms in total. The molecule has 0 spiro atoms. The Labute approximate surface area is 199 Å². The molecule has 0 bridgehead atoms. The molecule has 1 atom stereocenters. The molecule has 0 radical (unpaired) electrons. The minimum Gasteiger partial charge on any atom is -0.352 e. The van der Waals surface area contributed by atoms with Crippen molar-refractivity contribution >= 4 is 35.0 Å². The molecule has 2 aromatic rings. The molecule has 0 heterocycles. The third-order valence-electron chi connectivity index (χ3n) is 5.99. The van der Waals surface area contributed by atoms with E-state index in [1.54, 1.807) is 35.2 Å². The van der Waals surface area contributed by atoms with Crippen molar-refractivity contribution in [1.29, 1.82) is 0 Å². The first kappa shape index (κ1) is 24.5. The molecule has 1 N–H and O–H groups in total. The van der Waals surface area contributed by atoms with Gasteiger partial charge in [0.25, 0.3) is 0 Å². The number of hydrogen-bond acceptors (Lipinski definition) is 2. The van der Waals surface area contributed by atoms with Crippen LogP contribution in [0.3, 0.4) is 0 Å². The van der Waals surface area contributed by atoms with Crippen LogP contribution in [0.4, 0.5) is 4.39 Å². The third kappa shape index (κ3) is 6.46. The molecule has 0 unspecified atom stereocenters. The zero-order chi connectivity index (χ0) is 23.1. The summed E-state index contributed by atoms with van der Waals surface area (Å²) in [4.78, 5) is 28.2. The molecular formula is C25H29Cl2FN2O2. The van der Waals surface area contributed by atoms with E-state index in [1.165, 1.54) is 18.6 Å². The first-order valence-electron chi connectivity index (χ1n) is 11.2. The largest absolute Gasteiger partial charge is 0.352 e. The lowest BCUT2D eigenvalue weighted by Crippen LogP contribution is -2.52. The maximum Gasteiger partial charge on any atom is 0.243 e. The first-order chi connectivity index (χ1) is 15.4. The van der Waals surface area contributed by atoms with Gasteiger partial charge in [0.05, 0.1) is 6.42 Å². The van der Waals surface area contributed by atoms with E-state index in [0.29, 0.717) is 22.0 Å². The molecule has 1 aliphatic carbocycles. The minimum absolute atomic E-state index is 0.0209. The fraction of sp³-hybridized carbons (Fsp3) is 0.440. The number of carbonyl (C=O) groups excluding carboxylic acids is 2. The van der Waals surface area contributed by atoms with Gasteiger partial charge in [0, 0.05) is 22.6 Å². The van der Waals surface area contributed by atoms with Gasteiger partial charge in [0.1, 0.15) is 11.9 Å². The van der Waals surface area contributed by atoms with Crippen LogP contribution < -0.4 is 5.32 Å². The van der Waals surface area contributed by atoms with E-state index in [0.717, 1.165) is 31.2 Å². The lowest BCUT2D eigenvalue weighted by Gasteiger charge is -2.33. The zero-order valence-corrected chi connectivity index (χ0v) is 19.8. The summed E-state index contributed by atoms with van der Waals surface area (Å²) < 4.78 is 13.4. The van der Waals surface area contributed by atoms with Crippen LogP contribution in [0.5, 0.6) is 0 Å². The second kappa shape index (κ2) is 11.7. The molecule has 172 valence electrons. The molecule has 2 amide bonds. The summed E-state index contributed by atoms with van der Waals surface area (Å²) >= 11 is 12.6. The van der Waals surface area contributed by atoms with Crippen molar-refractivity contribution in [3.63, 3.8) is 0 Å². The molecule has 32 heavy (non-hydrogen) atoms. The van der Waals surface area contributed by atoms with Crippen molar-refractivity contribution in [1.82, 2.24) is 10.2 Å². The Morgan fingerprint density at radius 3 is 2.28 bits per heavy atom. The lowest BCUT2D eigenvalue weighted by molar-refractivity contribution is -0.141. The van der Waals surface area contributed by atoms with E-state index in [-0.39, 0.29) is 36.6 Å². The summed E-state index contributed by atoms with van der Waals surface area (Å²) in [6.07, 6.45) is 5.76. The van der Waals surface area contributed by atoms with E-state index >= 15 is 0 Å². The SMILES string of the molecule is CC[C@H](C(=O)NC1CCCCC1)N(Cc1ccc(F)cc1)C(=O)Cc1c(Cl)cccc1Cl. The molecule has 7 heteroatoms. The Morgan fingerprint density at radius 2 is 1.69 bits per heavy atom. The number of nitrogens with zero attached hydrogens (tertiary/aromatic N) is 1. The van der Waals surface area contributed by atoms with Crippen molar-refractivity contribution in [2.45, 2.75) is 70.5 Å². The van der Waals surface area contributed by atoms with Gasteiger partial charge in [-0.15, -0.1) is 0 Å². The van der Waals surface area contributed by atoms with E-state index in [9.17, 15) is 14.0 Å². The van der Waals surface area contributed by atoms with Gasteiger partial charge < -0.3 is 10.2 Å². The first-order valence-corrected chi connectivity index (χ1v) is 11.9. The van der Waals surface area contributed by atoms with Gasteiger partial charge in [-0.3, -0.25) is 9.59 Å². The summed E-state index contributed by atoms with van der Waals surface area (Å²) in [6.45, 7) is 2.08. The van der Waals surface area contributed by atoms with Gasteiger partial charge in [0.2, 0.25) is 11.8 Å². The van der Waals surface area contributed by atoms with Gasteiger partial charge >= 0.3 is 0 Å². The standard InChI is InChI=1S/C25H29Cl2FN2O2/c1-2-23(25(32)29-19-7-4-3-5-8-19)30(16-17-11-13-18(28)14-12-17)24(31)15-20-21(26)9-6-10-22(20)27/h6,9-14,19,23H,2-5,7-8,15-16H2,1H3,(H,29,32)/t23-/m1/s1. The maximum atomic E-state index is 13.4. The maximum absolute atomic E-state index is 13.4. The molecule has 1 aliphatic rings. The Hall–Kier alpha value is -2.11. The highest BCUT2D eigenvalue weighted by Crippen LogP contribution is 2.26. The number of nitrogens with one attached hydrogen (secondary N) is 1. The Balaban J connectivity index is 1.84. The molecular weight excluding hydrogens is 450 g/mol. The van der Waals surface area contributed by atoms with E-state index in [4.69, 9.17) is 23.2 Å². The molecule has 3 rings (SSSR count). The highest BCUT2D eigenvalue weighted by Gasteiger charge is 2.31. The number of benzene rings is 2. The van der Waals surface area contributed by atoms with Crippen LogP contribution in [0.25, 0.3) is 0 Å². The van der Waals surface area contributed by atoms with Crippen molar-refractivity contribution in [3.8, 4) is 0 Å². The quantitative estimate of drug-likeness (QED) is 0.510. The smallest absolute Gasteiger partial charge is 0.243 e. The summed E-state index contributed by atoms with van der Waals surface area (Å²) in [5.74, 6) is -0.758.